The Morgan fingerprint density at radius 1 is 1.36 bits per heavy atom. The summed E-state index contributed by atoms with van der Waals surface area (Å²) >= 11 is 1.01. The lowest BCUT2D eigenvalue weighted by atomic mass is 10.3. The monoisotopic (exact) mass is 318 g/mol. The molecule has 0 atom stereocenters. The van der Waals surface area contributed by atoms with Crippen molar-refractivity contribution >= 4 is 34.0 Å². The summed E-state index contributed by atoms with van der Waals surface area (Å²) < 4.78 is 5.42. The van der Waals surface area contributed by atoms with Crippen LogP contribution < -0.4 is 10.1 Å². The third kappa shape index (κ3) is 4.16. The molecule has 0 aliphatic heterocycles. The fourth-order valence-corrected chi connectivity index (χ4v) is 2.44. The quantitative estimate of drug-likeness (QED) is 0.500. The average Bonchev–Trinajstić information content (AvgIpc) is 2.97. The normalized spacial score (nSPS) is 10.6. The lowest BCUT2D eigenvalue weighted by Crippen LogP contribution is -2.09. The third-order valence-electron chi connectivity index (χ3n) is 2.64. The summed E-state index contributed by atoms with van der Waals surface area (Å²) in [7, 11) is 0. The summed E-state index contributed by atoms with van der Waals surface area (Å²) in [6.07, 6.45) is 2.87. The van der Waals surface area contributed by atoms with Gasteiger partial charge in [0.25, 0.3) is 0 Å². The van der Waals surface area contributed by atoms with E-state index in [1.807, 2.05) is 13.0 Å². The highest BCUT2D eigenvalue weighted by molar-refractivity contribution is 7.16. The Balaban J connectivity index is 2.03. The lowest BCUT2D eigenvalue weighted by Gasteiger charge is -2.09. The number of hydrogen-bond donors (Lipinski definition) is 1. The molecular formula is C15H14N2O4S. The summed E-state index contributed by atoms with van der Waals surface area (Å²) in [6, 6.07) is 10.1. The number of benzene rings is 1. The number of nitro groups is 1. The molecule has 1 aromatic carbocycles. The van der Waals surface area contributed by atoms with Crippen LogP contribution in [0.5, 0.6) is 5.75 Å². The average molecular weight is 318 g/mol. The summed E-state index contributed by atoms with van der Waals surface area (Å²) in [6.45, 7) is 2.36. The van der Waals surface area contributed by atoms with Crippen molar-refractivity contribution in [1.29, 1.82) is 0 Å². The lowest BCUT2D eigenvalue weighted by molar-refractivity contribution is -0.380. The van der Waals surface area contributed by atoms with Crippen molar-refractivity contribution in [1.82, 2.24) is 0 Å². The van der Waals surface area contributed by atoms with E-state index in [0.717, 1.165) is 11.3 Å². The van der Waals surface area contributed by atoms with Crippen molar-refractivity contribution in [3.63, 3.8) is 0 Å². The van der Waals surface area contributed by atoms with Gasteiger partial charge in [-0.25, -0.2) is 0 Å². The van der Waals surface area contributed by atoms with Crippen LogP contribution in [0.3, 0.4) is 0 Å². The molecule has 0 radical (unpaired) electrons. The first kappa shape index (κ1) is 15.7. The minimum atomic E-state index is -0.458. The molecule has 7 heteroatoms. The van der Waals surface area contributed by atoms with E-state index < -0.39 is 4.92 Å². The molecule has 0 saturated heterocycles. The van der Waals surface area contributed by atoms with Gasteiger partial charge in [0.2, 0.25) is 5.91 Å². The second kappa shape index (κ2) is 7.37. The van der Waals surface area contributed by atoms with Crippen molar-refractivity contribution in [2.45, 2.75) is 6.92 Å². The van der Waals surface area contributed by atoms with Crippen molar-refractivity contribution < 1.29 is 14.5 Å². The van der Waals surface area contributed by atoms with Gasteiger partial charge in [0.15, 0.2) is 0 Å². The highest BCUT2D eigenvalue weighted by atomic mass is 32.1. The van der Waals surface area contributed by atoms with Crippen LogP contribution in [-0.2, 0) is 4.79 Å². The molecule has 2 aromatic rings. The second-order valence-electron chi connectivity index (χ2n) is 4.18. The molecule has 0 aliphatic rings. The van der Waals surface area contributed by atoms with Gasteiger partial charge in [0.05, 0.1) is 17.2 Å². The van der Waals surface area contributed by atoms with Gasteiger partial charge in [-0.3, -0.25) is 14.9 Å². The number of rotatable bonds is 6. The van der Waals surface area contributed by atoms with Crippen LogP contribution in [0.1, 0.15) is 11.8 Å². The SMILES string of the molecule is CCOc1ccccc1NC(=O)C=Cc1ccc([N+](=O)[O-])s1. The minimum absolute atomic E-state index is 0.0433. The summed E-state index contributed by atoms with van der Waals surface area (Å²) in [5.74, 6) is 0.265. The van der Waals surface area contributed by atoms with Crippen LogP contribution in [0.15, 0.2) is 42.5 Å². The third-order valence-corrected chi connectivity index (χ3v) is 3.64. The molecule has 1 heterocycles. The molecule has 1 aromatic heterocycles. The molecule has 0 aliphatic carbocycles. The van der Waals surface area contributed by atoms with E-state index in [1.54, 1.807) is 24.3 Å². The number of thiophene rings is 1. The number of para-hydroxylation sites is 2. The maximum atomic E-state index is 11.9. The number of nitrogens with zero attached hydrogens (tertiary/aromatic N) is 1. The number of nitrogens with one attached hydrogen (secondary N) is 1. The molecule has 1 amide bonds. The van der Waals surface area contributed by atoms with Crippen LogP contribution in [-0.4, -0.2) is 17.4 Å². The van der Waals surface area contributed by atoms with E-state index in [9.17, 15) is 14.9 Å². The Kier molecular flexibility index (Phi) is 5.26. The van der Waals surface area contributed by atoms with Crippen molar-refractivity contribution in [3.8, 4) is 5.75 Å². The van der Waals surface area contributed by atoms with E-state index in [-0.39, 0.29) is 10.9 Å². The highest BCUT2D eigenvalue weighted by Crippen LogP contribution is 2.25. The molecule has 22 heavy (non-hydrogen) atoms. The predicted molar refractivity (Wildman–Crippen MR) is 86.2 cm³/mol. The van der Waals surface area contributed by atoms with E-state index in [2.05, 4.69) is 5.32 Å². The van der Waals surface area contributed by atoms with Gasteiger partial charge >= 0.3 is 5.00 Å². The van der Waals surface area contributed by atoms with Gasteiger partial charge in [-0.2, -0.15) is 0 Å². The van der Waals surface area contributed by atoms with Gasteiger partial charge in [0, 0.05) is 17.0 Å². The Hall–Kier alpha value is -2.67. The number of carbonyl (C=O) groups excluding carboxylic acids is 1. The van der Waals surface area contributed by atoms with E-state index in [1.165, 1.54) is 18.2 Å². The number of hydrogen-bond acceptors (Lipinski definition) is 5. The molecule has 0 fully saturated rings. The number of amides is 1. The molecular weight excluding hydrogens is 304 g/mol. The van der Waals surface area contributed by atoms with Crippen LogP contribution in [0, 0.1) is 10.1 Å². The largest absolute Gasteiger partial charge is 0.492 e. The Morgan fingerprint density at radius 2 is 2.14 bits per heavy atom. The first-order valence-electron chi connectivity index (χ1n) is 6.55. The molecule has 2 rings (SSSR count). The van der Waals surface area contributed by atoms with Crippen LogP contribution in [0.2, 0.25) is 0 Å². The Bertz CT molecular complexity index is 709. The molecule has 0 unspecified atom stereocenters. The fourth-order valence-electron chi connectivity index (χ4n) is 1.71. The van der Waals surface area contributed by atoms with E-state index in [0.29, 0.717) is 22.9 Å². The second-order valence-corrected chi connectivity index (χ2v) is 5.28. The highest BCUT2D eigenvalue weighted by Gasteiger charge is 2.08. The van der Waals surface area contributed by atoms with Crippen LogP contribution in [0.4, 0.5) is 10.7 Å². The molecule has 114 valence electrons. The maximum Gasteiger partial charge on any atom is 0.324 e. The molecule has 0 spiro atoms. The number of anilines is 1. The van der Waals surface area contributed by atoms with Gasteiger partial charge in [-0.05, 0) is 31.2 Å². The Labute approximate surface area is 131 Å². The van der Waals surface area contributed by atoms with Gasteiger partial charge in [-0.15, -0.1) is 0 Å². The maximum absolute atomic E-state index is 11.9. The van der Waals surface area contributed by atoms with E-state index in [4.69, 9.17) is 4.74 Å². The minimum Gasteiger partial charge on any atom is -0.492 e. The number of ether oxygens (including phenoxy) is 1. The van der Waals surface area contributed by atoms with Crippen LogP contribution >= 0.6 is 11.3 Å². The van der Waals surface area contributed by atoms with Crippen LogP contribution in [0.25, 0.3) is 6.08 Å². The van der Waals surface area contributed by atoms with E-state index >= 15 is 0 Å². The van der Waals surface area contributed by atoms with Gasteiger partial charge < -0.3 is 10.1 Å². The van der Waals surface area contributed by atoms with Crippen molar-refractivity contribution in [2.75, 3.05) is 11.9 Å². The summed E-state index contributed by atoms with van der Waals surface area (Å²) in [5.41, 5.74) is 0.580. The van der Waals surface area contributed by atoms with Crippen molar-refractivity contribution in [3.05, 3.63) is 57.5 Å². The van der Waals surface area contributed by atoms with Gasteiger partial charge in [0.1, 0.15) is 5.75 Å². The zero-order valence-corrected chi connectivity index (χ0v) is 12.6. The first-order chi connectivity index (χ1) is 10.6. The van der Waals surface area contributed by atoms with Gasteiger partial charge in [-0.1, -0.05) is 23.5 Å². The number of carbonyl (C=O) groups is 1. The molecule has 1 N–H and O–H groups in total. The molecule has 0 saturated carbocycles. The smallest absolute Gasteiger partial charge is 0.324 e. The van der Waals surface area contributed by atoms with Crippen molar-refractivity contribution in [2.24, 2.45) is 0 Å². The predicted octanol–water partition coefficient (Wildman–Crippen LogP) is 3.71. The summed E-state index contributed by atoms with van der Waals surface area (Å²) in [5, 5.41) is 13.3. The zero-order valence-electron chi connectivity index (χ0n) is 11.8. The standard InChI is InChI=1S/C15H14N2O4S/c1-2-21-13-6-4-3-5-12(13)16-14(18)9-7-11-8-10-15(22-11)17(19)20/h3-10H,2H2,1H3,(H,16,18). The summed E-state index contributed by atoms with van der Waals surface area (Å²) in [4.78, 5) is 22.7. The molecule has 0 bridgehead atoms. The topological polar surface area (TPSA) is 81.5 Å². The first-order valence-corrected chi connectivity index (χ1v) is 7.37. The molecule has 6 nitrogen and oxygen atoms in total. The zero-order chi connectivity index (χ0) is 15.9. The Morgan fingerprint density at radius 3 is 2.82 bits per heavy atom. The fraction of sp³-hybridized carbons (Fsp3) is 0.133.